The molecular weight excluding hydrogens is 378 g/mol. The van der Waals surface area contributed by atoms with E-state index in [9.17, 15) is 4.79 Å². The molecule has 3 heterocycles. The maximum Gasteiger partial charge on any atom is 0.318 e. The van der Waals surface area contributed by atoms with E-state index < -0.39 is 0 Å². The largest absolute Gasteiger partial charge is 0.468 e. The van der Waals surface area contributed by atoms with Gasteiger partial charge in [-0.3, -0.25) is 4.79 Å². The lowest BCUT2D eigenvalue weighted by Gasteiger charge is -2.19. The topological polar surface area (TPSA) is 65.0 Å². The number of fused-ring (bicyclic) bond motifs is 5. The molecule has 4 rings (SSSR count). The molecule has 1 aliphatic rings. The standard InChI is InChI=1S/C20H23N3O2S2/c1-4-7-14-12-8-5-6-9-13(12)15-16-17(27-18(15)23-14)19(22-10-21-16)26-11(2)20(24)25-3/h10-11H,4-9H2,1-3H3/t11-/m1/s1. The van der Waals surface area contributed by atoms with E-state index >= 15 is 0 Å². The van der Waals surface area contributed by atoms with Gasteiger partial charge in [0, 0.05) is 11.1 Å². The Balaban J connectivity index is 1.90. The van der Waals surface area contributed by atoms with E-state index in [1.165, 1.54) is 53.9 Å². The molecule has 1 aliphatic carbocycles. The predicted molar refractivity (Wildman–Crippen MR) is 111 cm³/mol. The molecule has 0 unspecified atom stereocenters. The van der Waals surface area contributed by atoms with Crippen LogP contribution in [0.4, 0.5) is 0 Å². The Labute approximate surface area is 167 Å². The van der Waals surface area contributed by atoms with Crippen LogP contribution in [-0.4, -0.2) is 33.3 Å². The molecule has 7 heteroatoms. The number of pyridine rings is 1. The summed E-state index contributed by atoms with van der Waals surface area (Å²) in [4.78, 5) is 27.0. The van der Waals surface area contributed by atoms with Crippen LogP contribution in [0.2, 0.25) is 0 Å². The summed E-state index contributed by atoms with van der Waals surface area (Å²) in [6.45, 7) is 4.05. The molecule has 0 saturated carbocycles. The Morgan fingerprint density at radius 1 is 1.30 bits per heavy atom. The highest BCUT2D eigenvalue weighted by molar-refractivity contribution is 8.00. The van der Waals surface area contributed by atoms with Gasteiger partial charge >= 0.3 is 5.97 Å². The summed E-state index contributed by atoms with van der Waals surface area (Å²) in [6, 6.07) is 0. The van der Waals surface area contributed by atoms with Gasteiger partial charge in [-0.05, 0) is 50.2 Å². The fourth-order valence-electron chi connectivity index (χ4n) is 3.83. The molecule has 1 atom stereocenters. The van der Waals surface area contributed by atoms with Crippen LogP contribution in [0, 0.1) is 0 Å². The summed E-state index contributed by atoms with van der Waals surface area (Å²) in [5.74, 6) is -0.242. The second kappa shape index (κ2) is 7.72. The molecule has 0 radical (unpaired) electrons. The van der Waals surface area contributed by atoms with Crippen LogP contribution in [0.5, 0.6) is 0 Å². The van der Waals surface area contributed by atoms with Crippen molar-refractivity contribution in [2.45, 2.75) is 62.6 Å². The number of rotatable bonds is 5. The summed E-state index contributed by atoms with van der Waals surface area (Å²) in [5, 5.41) is 1.73. The smallest absolute Gasteiger partial charge is 0.318 e. The van der Waals surface area contributed by atoms with E-state index in [0.717, 1.165) is 45.8 Å². The van der Waals surface area contributed by atoms with Gasteiger partial charge in [0.1, 0.15) is 21.4 Å². The summed E-state index contributed by atoms with van der Waals surface area (Å²) in [6.07, 6.45) is 8.42. The van der Waals surface area contributed by atoms with Gasteiger partial charge in [-0.2, -0.15) is 0 Å². The Bertz CT molecular complexity index is 1020. The van der Waals surface area contributed by atoms with Crippen LogP contribution in [0.25, 0.3) is 20.4 Å². The molecule has 142 valence electrons. The number of aromatic nitrogens is 3. The second-order valence-electron chi connectivity index (χ2n) is 6.89. The van der Waals surface area contributed by atoms with E-state index in [2.05, 4.69) is 16.9 Å². The van der Waals surface area contributed by atoms with Crippen LogP contribution in [0.15, 0.2) is 11.4 Å². The Hall–Kier alpha value is -1.73. The van der Waals surface area contributed by atoms with Gasteiger partial charge in [0.15, 0.2) is 0 Å². The molecule has 3 aromatic rings. The summed E-state index contributed by atoms with van der Waals surface area (Å²) >= 11 is 3.08. The number of carbonyl (C=O) groups excluding carboxylic acids is 1. The van der Waals surface area contributed by atoms with Crippen LogP contribution < -0.4 is 0 Å². The maximum atomic E-state index is 11.8. The van der Waals surface area contributed by atoms with Crippen molar-refractivity contribution in [1.29, 1.82) is 0 Å². The van der Waals surface area contributed by atoms with E-state index in [0.29, 0.717) is 0 Å². The Morgan fingerprint density at radius 2 is 2.07 bits per heavy atom. The SMILES string of the molecule is CCCc1nc2sc3c(S[C@H](C)C(=O)OC)ncnc3c2c2c1CCCC2. The van der Waals surface area contributed by atoms with Crippen molar-refractivity contribution in [1.82, 2.24) is 15.0 Å². The number of methoxy groups -OCH3 is 1. The molecule has 0 bridgehead atoms. The van der Waals surface area contributed by atoms with Gasteiger partial charge in [0.2, 0.25) is 0 Å². The molecule has 0 amide bonds. The first kappa shape index (κ1) is 18.6. The monoisotopic (exact) mass is 401 g/mol. The van der Waals surface area contributed by atoms with Crippen molar-refractivity contribution in [2.24, 2.45) is 0 Å². The van der Waals surface area contributed by atoms with Gasteiger partial charge in [0.25, 0.3) is 0 Å². The minimum atomic E-state index is -0.309. The van der Waals surface area contributed by atoms with E-state index in [1.54, 1.807) is 17.7 Å². The van der Waals surface area contributed by atoms with Crippen LogP contribution in [0.3, 0.4) is 0 Å². The lowest BCUT2D eigenvalue weighted by molar-refractivity contribution is -0.139. The molecule has 0 N–H and O–H groups in total. The van der Waals surface area contributed by atoms with Gasteiger partial charge in [-0.1, -0.05) is 25.1 Å². The molecule has 0 spiro atoms. The van der Waals surface area contributed by atoms with Crippen molar-refractivity contribution >= 4 is 49.5 Å². The van der Waals surface area contributed by atoms with E-state index in [4.69, 9.17) is 9.72 Å². The second-order valence-corrected chi connectivity index (χ2v) is 9.22. The molecular formula is C20H23N3O2S2. The van der Waals surface area contributed by atoms with Crippen molar-refractivity contribution < 1.29 is 9.53 Å². The first-order valence-corrected chi connectivity index (χ1v) is 11.2. The fraction of sp³-hybridized carbons (Fsp3) is 0.500. The molecule has 3 aromatic heterocycles. The summed E-state index contributed by atoms with van der Waals surface area (Å²) < 4.78 is 5.89. The summed E-state index contributed by atoms with van der Waals surface area (Å²) in [5.41, 5.74) is 5.14. The molecule has 27 heavy (non-hydrogen) atoms. The van der Waals surface area contributed by atoms with Crippen molar-refractivity contribution in [2.75, 3.05) is 7.11 Å². The number of nitrogens with zero attached hydrogens (tertiary/aromatic N) is 3. The van der Waals surface area contributed by atoms with E-state index in [-0.39, 0.29) is 11.2 Å². The number of hydrogen-bond donors (Lipinski definition) is 0. The highest BCUT2D eigenvalue weighted by Gasteiger charge is 2.24. The quantitative estimate of drug-likeness (QED) is 0.350. The minimum absolute atomic E-state index is 0.242. The zero-order chi connectivity index (χ0) is 19.0. The van der Waals surface area contributed by atoms with Crippen LogP contribution in [-0.2, 0) is 28.8 Å². The lowest BCUT2D eigenvalue weighted by Crippen LogP contribution is -2.14. The number of aryl methyl sites for hydroxylation is 2. The number of thioether (sulfide) groups is 1. The molecule has 0 saturated heterocycles. The normalized spacial score (nSPS) is 15.1. The third-order valence-corrected chi connectivity index (χ3v) is 7.37. The van der Waals surface area contributed by atoms with Gasteiger partial charge in [-0.25, -0.2) is 15.0 Å². The zero-order valence-corrected chi connectivity index (χ0v) is 17.5. The average Bonchev–Trinajstić information content (AvgIpc) is 3.07. The average molecular weight is 402 g/mol. The fourth-order valence-corrected chi connectivity index (χ4v) is 6.00. The number of thiophene rings is 1. The highest BCUT2D eigenvalue weighted by atomic mass is 32.2. The maximum absolute atomic E-state index is 11.8. The number of esters is 1. The van der Waals surface area contributed by atoms with Crippen molar-refractivity contribution in [3.63, 3.8) is 0 Å². The minimum Gasteiger partial charge on any atom is -0.468 e. The first-order chi connectivity index (χ1) is 13.1. The first-order valence-electron chi connectivity index (χ1n) is 9.46. The number of hydrogen-bond acceptors (Lipinski definition) is 7. The predicted octanol–water partition coefficient (Wildman–Crippen LogP) is 4.72. The lowest BCUT2D eigenvalue weighted by atomic mass is 9.88. The number of ether oxygens (including phenoxy) is 1. The molecule has 0 aromatic carbocycles. The van der Waals surface area contributed by atoms with Gasteiger partial charge < -0.3 is 4.74 Å². The van der Waals surface area contributed by atoms with Crippen LogP contribution in [0.1, 0.15) is 49.9 Å². The number of carbonyl (C=O) groups is 1. The molecule has 0 fully saturated rings. The molecule has 5 nitrogen and oxygen atoms in total. The van der Waals surface area contributed by atoms with Crippen molar-refractivity contribution in [3.05, 3.63) is 23.1 Å². The summed E-state index contributed by atoms with van der Waals surface area (Å²) in [7, 11) is 1.42. The van der Waals surface area contributed by atoms with Gasteiger partial charge in [-0.15, -0.1) is 11.3 Å². The Morgan fingerprint density at radius 3 is 2.81 bits per heavy atom. The third-order valence-electron chi connectivity index (χ3n) is 5.08. The third kappa shape index (κ3) is 3.31. The van der Waals surface area contributed by atoms with Crippen LogP contribution >= 0.6 is 23.1 Å². The van der Waals surface area contributed by atoms with E-state index in [1.807, 2.05) is 6.92 Å². The van der Waals surface area contributed by atoms with Gasteiger partial charge in [0.05, 0.1) is 17.3 Å². The Kier molecular flexibility index (Phi) is 5.32. The highest BCUT2D eigenvalue weighted by Crippen LogP contribution is 2.42. The molecule has 0 aliphatic heterocycles. The zero-order valence-electron chi connectivity index (χ0n) is 15.9. The van der Waals surface area contributed by atoms with Crippen molar-refractivity contribution in [3.8, 4) is 0 Å².